The molecule has 0 amide bonds. The molecular weight excluding hydrogens is 242 g/mol. The van der Waals surface area contributed by atoms with E-state index >= 15 is 0 Å². The zero-order chi connectivity index (χ0) is 10.4. The minimum absolute atomic E-state index is 0.191. The Labute approximate surface area is 93.6 Å². The van der Waals surface area contributed by atoms with Crippen molar-refractivity contribution >= 4 is 15.9 Å². The standard InChI is InChI=1S/C11H16BrNO/c1-14-7-6-11(13)8-9-2-4-10(12)5-3-9/h2-5,11H,6-8,13H2,1H3. The second kappa shape index (κ2) is 6.17. The molecule has 0 fully saturated rings. The van der Waals surface area contributed by atoms with Gasteiger partial charge in [-0.15, -0.1) is 0 Å². The predicted molar refractivity (Wildman–Crippen MR) is 62.3 cm³/mol. The number of hydrogen-bond donors (Lipinski definition) is 1. The number of hydrogen-bond acceptors (Lipinski definition) is 2. The van der Waals surface area contributed by atoms with Gasteiger partial charge in [-0.05, 0) is 30.5 Å². The lowest BCUT2D eigenvalue weighted by Gasteiger charge is -2.10. The van der Waals surface area contributed by atoms with E-state index in [1.165, 1.54) is 5.56 Å². The average molecular weight is 258 g/mol. The maximum atomic E-state index is 5.94. The number of methoxy groups -OCH3 is 1. The third kappa shape index (κ3) is 4.22. The van der Waals surface area contributed by atoms with Crippen LogP contribution in [0.4, 0.5) is 0 Å². The molecule has 1 atom stereocenters. The fourth-order valence-corrected chi connectivity index (χ4v) is 1.56. The largest absolute Gasteiger partial charge is 0.385 e. The molecule has 0 aliphatic carbocycles. The molecule has 14 heavy (non-hydrogen) atoms. The van der Waals surface area contributed by atoms with Gasteiger partial charge in [0.25, 0.3) is 0 Å². The van der Waals surface area contributed by atoms with Gasteiger partial charge in [-0.25, -0.2) is 0 Å². The third-order valence-electron chi connectivity index (χ3n) is 2.10. The summed E-state index contributed by atoms with van der Waals surface area (Å²) in [5.74, 6) is 0. The summed E-state index contributed by atoms with van der Waals surface area (Å²) in [4.78, 5) is 0. The number of benzene rings is 1. The molecule has 1 aromatic rings. The highest BCUT2D eigenvalue weighted by Gasteiger charge is 2.03. The molecule has 1 unspecified atom stereocenters. The third-order valence-corrected chi connectivity index (χ3v) is 2.63. The maximum absolute atomic E-state index is 5.94. The van der Waals surface area contributed by atoms with Gasteiger partial charge in [-0.1, -0.05) is 28.1 Å². The van der Waals surface area contributed by atoms with E-state index < -0.39 is 0 Å². The highest BCUT2D eigenvalue weighted by Crippen LogP contribution is 2.12. The average Bonchev–Trinajstić information content (AvgIpc) is 2.18. The van der Waals surface area contributed by atoms with Crippen LogP contribution in [0.5, 0.6) is 0 Å². The van der Waals surface area contributed by atoms with E-state index in [2.05, 4.69) is 28.1 Å². The summed E-state index contributed by atoms with van der Waals surface area (Å²) < 4.78 is 6.09. The summed E-state index contributed by atoms with van der Waals surface area (Å²) in [6, 6.07) is 8.46. The van der Waals surface area contributed by atoms with Crippen molar-refractivity contribution in [3.63, 3.8) is 0 Å². The normalized spacial score (nSPS) is 12.8. The van der Waals surface area contributed by atoms with Gasteiger partial charge in [-0.3, -0.25) is 0 Å². The highest BCUT2D eigenvalue weighted by atomic mass is 79.9. The maximum Gasteiger partial charge on any atom is 0.0477 e. The van der Waals surface area contributed by atoms with E-state index in [0.29, 0.717) is 0 Å². The zero-order valence-electron chi connectivity index (χ0n) is 8.37. The Bertz CT molecular complexity index is 260. The van der Waals surface area contributed by atoms with Gasteiger partial charge in [0.15, 0.2) is 0 Å². The molecule has 1 aromatic carbocycles. The van der Waals surface area contributed by atoms with Gasteiger partial charge < -0.3 is 10.5 Å². The van der Waals surface area contributed by atoms with Crippen molar-refractivity contribution in [3.8, 4) is 0 Å². The van der Waals surface area contributed by atoms with Gasteiger partial charge in [-0.2, -0.15) is 0 Å². The Kier molecular flexibility index (Phi) is 5.15. The Morgan fingerprint density at radius 1 is 1.36 bits per heavy atom. The van der Waals surface area contributed by atoms with Crippen molar-refractivity contribution in [2.75, 3.05) is 13.7 Å². The molecule has 3 heteroatoms. The first-order chi connectivity index (χ1) is 6.72. The van der Waals surface area contributed by atoms with Crippen LogP contribution in [0.3, 0.4) is 0 Å². The fraction of sp³-hybridized carbons (Fsp3) is 0.455. The van der Waals surface area contributed by atoms with Gasteiger partial charge in [0, 0.05) is 24.2 Å². The van der Waals surface area contributed by atoms with E-state index in [9.17, 15) is 0 Å². The summed E-state index contributed by atoms with van der Waals surface area (Å²) in [5.41, 5.74) is 7.21. The topological polar surface area (TPSA) is 35.2 Å². The number of ether oxygens (including phenoxy) is 1. The zero-order valence-corrected chi connectivity index (χ0v) is 9.96. The molecule has 2 nitrogen and oxygen atoms in total. The minimum atomic E-state index is 0.191. The number of rotatable bonds is 5. The molecule has 0 radical (unpaired) electrons. The lowest BCUT2D eigenvalue weighted by Crippen LogP contribution is -2.24. The molecular formula is C11H16BrNO. The van der Waals surface area contributed by atoms with E-state index in [0.717, 1.165) is 23.9 Å². The molecule has 0 heterocycles. The van der Waals surface area contributed by atoms with E-state index in [1.807, 2.05) is 12.1 Å². The number of nitrogens with two attached hydrogens (primary N) is 1. The van der Waals surface area contributed by atoms with Crippen molar-refractivity contribution in [1.82, 2.24) is 0 Å². The van der Waals surface area contributed by atoms with Crippen LogP contribution in [-0.4, -0.2) is 19.8 Å². The molecule has 0 bridgehead atoms. The van der Waals surface area contributed by atoms with Crippen LogP contribution >= 0.6 is 15.9 Å². The molecule has 2 N–H and O–H groups in total. The SMILES string of the molecule is COCCC(N)Cc1ccc(Br)cc1. The Hall–Kier alpha value is -0.380. The summed E-state index contributed by atoms with van der Waals surface area (Å²) >= 11 is 3.40. The summed E-state index contributed by atoms with van der Waals surface area (Å²) in [7, 11) is 1.70. The summed E-state index contributed by atoms with van der Waals surface area (Å²) in [6.45, 7) is 0.734. The molecule has 0 aliphatic rings. The smallest absolute Gasteiger partial charge is 0.0477 e. The van der Waals surface area contributed by atoms with Crippen LogP contribution in [0.15, 0.2) is 28.7 Å². The van der Waals surface area contributed by atoms with Crippen LogP contribution in [0.25, 0.3) is 0 Å². The lowest BCUT2D eigenvalue weighted by molar-refractivity contribution is 0.188. The minimum Gasteiger partial charge on any atom is -0.385 e. The molecule has 0 saturated heterocycles. The molecule has 78 valence electrons. The molecule has 1 rings (SSSR count). The van der Waals surface area contributed by atoms with Crippen molar-refractivity contribution in [1.29, 1.82) is 0 Å². The Balaban J connectivity index is 2.39. The monoisotopic (exact) mass is 257 g/mol. The molecule has 0 spiro atoms. The Morgan fingerprint density at radius 3 is 2.57 bits per heavy atom. The second-order valence-corrected chi connectivity index (χ2v) is 4.29. The van der Waals surface area contributed by atoms with Crippen molar-refractivity contribution in [2.24, 2.45) is 5.73 Å². The van der Waals surface area contributed by atoms with E-state index in [1.54, 1.807) is 7.11 Å². The van der Waals surface area contributed by atoms with Gasteiger partial charge >= 0.3 is 0 Å². The van der Waals surface area contributed by atoms with Crippen LogP contribution < -0.4 is 5.73 Å². The van der Waals surface area contributed by atoms with Crippen molar-refractivity contribution in [3.05, 3.63) is 34.3 Å². The van der Waals surface area contributed by atoms with E-state index in [-0.39, 0.29) is 6.04 Å². The highest BCUT2D eigenvalue weighted by molar-refractivity contribution is 9.10. The molecule has 0 aromatic heterocycles. The summed E-state index contributed by atoms with van der Waals surface area (Å²) in [6.07, 6.45) is 1.82. The van der Waals surface area contributed by atoms with Crippen molar-refractivity contribution < 1.29 is 4.74 Å². The first kappa shape index (κ1) is 11.7. The van der Waals surface area contributed by atoms with Crippen LogP contribution in [0.2, 0.25) is 0 Å². The molecule has 0 aliphatic heterocycles. The Morgan fingerprint density at radius 2 is 2.00 bits per heavy atom. The van der Waals surface area contributed by atoms with Gasteiger partial charge in [0.2, 0.25) is 0 Å². The van der Waals surface area contributed by atoms with Crippen molar-refractivity contribution in [2.45, 2.75) is 18.9 Å². The second-order valence-electron chi connectivity index (χ2n) is 3.37. The van der Waals surface area contributed by atoms with Crippen LogP contribution in [0.1, 0.15) is 12.0 Å². The van der Waals surface area contributed by atoms with Gasteiger partial charge in [0.1, 0.15) is 0 Å². The van der Waals surface area contributed by atoms with E-state index in [4.69, 9.17) is 10.5 Å². The van der Waals surface area contributed by atoms with Crippen LogP contribution in [-0.2, 0) is 11.2 Å². The van der Waals surface area contributed by atoms with Crippen LogP contribution in [0, 0.1) is 0 Å². The number of halogens is 1. The first-order valence-electron chi connectivity index (χ1n) is 4.71. The quantitative estimate of drug-likeness (QED) is 0.879. The fourth-order valence-electron chi connectivity index (χ4n) is 1.29. The summed E-state index contributed by atoms with van der Waals surface area (Å²) in [5, 5.41) is 0. The molecule has 0 saturated carbocycles. The first-order valence-corrected chi connectivity index (χ1v) is 5.50. The predicted octanol–water partition coefficient (Wildman–Crippen LogP) is 2.36. The van der Waals surface area contributed by atoms with Gasteiger partial charge in [0.05, 0.1) is 0 Å². The lowest BCUT2D eigenvalue weighted by atomic mass is 10.0.